The molecule has 0 radical (unpaired) electrons. The Kier molecular flexibility index (Phi) is 19.2. The number of nitrogens with zero attached hydrogens (tertiary/aromatic N) is 10. The lowest BCUT2D eigenvalue weighted by Crippen LogP contribution is -2.06. The third kappa shape index (κ3) is 13.6. The van der Waals surface area contributed by atoms with Crippen molar-refractivity contribution in [2.24, 2.45) is 0 Å². The Morgan fingerprint density at radius 3 is 1.19 bits per heavy atom. The van der Waals surface area contributed by atoms with E-state index in [2.05, 4.69) is 414 Å². The van der Waals surface area contributed by atoms with Gasteiger partial charge >= 0.3 is 0 Å². The molecule has 0 saturated carbocycles. The van der Waals surface area contributed by atoms with Gasteiger partial charge in [0.15, 0.2) is 17.5 Å². The Bertz CT molecular complexity index is 9540. The normalized spacial score (nSPS) is 11.7. The molecule has 0 atom stereocenters. The summed E-state index contributed by atoms with van der Waals surface area (Å²) in [5.74, 6) is 3.27. The van der Waals surface area contributed by atoms with Crippen molar-refractivity contribution in [1.82, 2.24) is 48.6 Å². The van der Waals surface area contributed by atoms with E-state index in [9.17, 15) is 0 Å². The second kappa shape index (κ2) is 33.1. The van der Waals surface area contributed by atoms with Gasteiger partial charge in [-0.2, -0.15) is 9.97 Å². The first-order chi connectivity index (χ1) is 67.5. The minimum absolute atomic E-state index is 0.594. The Hall–Kier alpha value is -18.0. The van der Waals surface area contributed by atoms with Crippen LogP contribution in [0, 0.1) is 0 Å². The predicted molar refractivity (Wildman–Crippen MR) is 568 cm³/mol. The maximum atomic E-state index is 5.36. The average Bonchev–Trinajstić information content (AvgIpc) is 1.57. The van der Waals surface area contributed by atoms with Crippen LogP contribution in [0.3, 0.4) is 0 Å². The summed E-state index contributed by atoms with van der Waals surface area (Å²) in [6.45, 7) is 0. The zero-order chi connectivity index (χ0) is 89.7. The van der Waals surface area contributed by atoms with E-state index >= 15 is 0 Å². The van der Waals surface area contributed by atoms with Crippen molar-refractivity contribution >= 4 is 162 Å². The molecule has 7 heterocycles. The maximum Gasteiger partial charge on any atom is 0.238 e. The van der Waals surface area contributed by atoms with Crippen molar-refractivity contribution in [2.75, 3.05) is 0 Å². The van der Waals surface area contributed by atoms with Gasteiger partial charge in [0.05, 0.1) is 55.5 Å². The standard InChI is InChI=1S/C43H26N4S.C42H27N3.C40H25N3/c1-3-12-28(13-4-1)41-44-42(29-14-5-2-6-15-29)46-43(45-41)47-36-22-20-30(26-35(36)40-32-16-8-7-11-27(32)19-23-37(40)47)31-21-24-39-34(25-31)33-17-9-10-18-38(33)48-39;1-3-13-28(14-4-1)29-23-25-30(26-24-29)41-34-19-9-11-21-37(34)43-42(44-41)36-27-39-40(33-18-8-7-17-32(33)36)35-20-10-12-22-38(35)45(39)31-15-5-2-6-16-31;1-2-12-26(13-3-1)27-22-24-28(25-23-27)38-33-18-8-10-20-35(33)41-40(42-38)43-36-21-11-9-19-34(36)37-31-16-6-4-14-29(31)30-15-5-7-17-32(30)39(37)43/h1-26H;1-27H;1-25H. The number of aromatic nitrogens is 10. The van der Waals surface area contributed by atoms with E-state index in [4.69, 9.17) is 34.9 Å². The van der Waals surface area contributed by atoms with E-state index in [0.29, 0.717) is 23.5 Å². The van der Waals surface area contributed by atoms with Crippen molar-refractivity contribution in [3.8, 4) is 108 Å². The van der Waals surface area contributed by atoms with E-state index in [1.165, 1.54) is 124 Å². The number of rotatable bonds is 11. The molecule has 634 valence electrons. The minimum atomic E-state index is 0.594. The smallest absolute Gasteiger partial charge is 0.238 e. The Morgan fingerprint density at radius 1 is 0.176 bits per heavy atom. The molecule has 136 heavy (non-hydrogen) atoms. The number of thiophene rings is 1. The van der Waals surface area contributed by atoms with Gasteiger partial charge in [0.1, 0.15) is 0 Å². The van der Waals surface area contributed by atoms with Crippen LogP contribution in [0.15, 0.2) is 473 Å². The Morgan fingerprint density at radius 2 is 0.574 bits per heavy atom. The first kappa shape index (κ1) is 79.0. The largest absolute Gasteiger partial charge is 0.309 e. The van der Waals surface area contributed by atoms with Crippen LogP contribution in [-0.2, 0) is 0 Å². The molecular formula is C125H78N10S. The monoisotopic (exact) mass is 1750 g/mol. The van der Waals surface area contributed by atoms with Crippen LogP contribution in [0.25, 0.3) is 258 Å². The second-order valence-electron chi connectivity index (χ2n) is 34.5. The Labute approximate surface area is 785 Å². The van der Waals surface area contributed by atoms with Gasteiger partial charge in [-0.05, 0) is 150 Å². The molecule has 0 aliphatic heterocycles. The van der Waals surface area contributed by atoms with Crippen molar-refractivity contribution in [3.05, 3.63) is 473 Å². The summed E-state index contributed by atoms with van der Waals surface area (Å²) < 4.78 is 9.47. The maximum absolute atomic E-state index is 5.36. The fourth-order valence-electron chi connectivity index (χ4n) is 20.4. The van der Waals surface area contributed by atoms with Crippen LogP contribution in [0.4, 0.5) is 0 Å². The van der Waals surface area contributed by atoms with E-state index < -0.39 is 0 Å². The molecular weight excluding hydrogens is 1670 g/mol. The third-order valence-electron chi connectivity index (χ3n) is 26.7. The summed E-state index contributed by atoms with van der Waals surface area (Å²) in [5.41, 5.74) is 23.7. The van der Waals surface area contributed by atoms with Crippen molar-refractivity contribution in [3.63, 3.8) is 0 Å². The molecule has 21 aromatic carbocycles. The lowest BCUT2D eigenvalue weighted by atomic mass is 9.97. The minimum Gasteiger partial charge on any atom is -0.309 e. The summed E-state index contributed by atoms with van der Waals surface area (Å²) in [4.78, 5) is 36.3. The lowest BCUT2D eigenvalue weighted by Gasteiger charge is -2.14. The summed E-state index contributed by atoms with van der Waals surface area (Å²) in [5, 5.41) is 21.6. The molecule has 10 nitrogen and oxygen atoms in total. The molecule has 0 unspecified atom stereocenters. The summed E-state index contributed by atoms with van der Waals surface area (Å²) in [6, 6.07) is 167. The summed E-state index contributed by atoms with van der Waals surface area (Å²) in [6.07, 6.45) is 0. The molecule has 0 fully saturated rings. The second-order valence-corrected chi connectivity index (χ2v) is 35.6. The SMILES string of the molecule is c1ccc(-c2ccc(-c3nc(-c4cc5c(c6ccccc46)c4ccccc4n5-c4ccccc4)nc4ccccc34)cc2)cc1.c1ccc(-c2ccc(-c3nc(-n4c5ccccc5c5c6ccccc6c6ccccc6c54)nc4ccccc34)cc2)cc1.c1ccc(-c2nc(-c3ccccc3)nc(-n3c4ccc(-c5ccc6sc7ccccc7c6c5)cc4c4c5ccccc5ccc43)n2)cc1. The highest BCUT2D eigenvalue weighted by molar-refractivity contribution is 7.25. The molecule has 0 saturated heterocycles. The number of benzene rings is 21. The quantitative estimate of drug-likeness (QED) is 0.119. The molecule has 0 bridgehead atoms. The van der Waals surface area contributed by atoms with Crippen molar-refractivity contribution in [2.45, 2.75) is 0 Å². The zero-order valence-electron chi connectivity index (χ0n) is 73.4. The van der Waals surface area contributed by atoms with E-state index in [1.807, 2.05) is 84.1 Å². The Balaban J connectivity index is 0.000000106. The molecule has 28 aromatic rings. The molecule has 0 amide bonds. The van der Waals surface area contributed by atoms with Crippen molar-refractivity contribution < 1.29 is 0 Å². The topological polar surface area (TPSA) is 105 Å². The fourth-order valence-corrected chi connectivity index (χ4v) is 21.5. The molecule has 0 aliphatic rings. The van der Waals surface area contributed by atoms with Crippen LogP contribution in [-0.4, -0.2) is 48.6 Å². The summed E-state index contributed by atoms with van der Waals surface area (Å²) in [7, 11) is 0. The molecule has 0 N–H and O–H groups in total. The van der Waals surface area contributed by atoms with Gasteiger partial charge in [-0.25, -0.2) is 24.9 Å². The molecule has 11 heteroatoms. The van der Waals surface area contributed by atoms with Gasteiger partial charge in [-0.3, -0.25) is 9.13 Å². The third-order valence-corrected chi connectivity index (χ3v) is 27.8. The highest BCUT2D eigenvalue weighted by Crippen LogP contribution is 2.48. The van der Waals surface area contributed by atoms with Crippen LogP contribution in [0.1, 0.15) is 0 Å². The van der Waals surface area contributed by atoms with E-state index in [-0.39, 0.29) is 0 Å². The number of hydrogen-bond acceptors (Lipinski definition) is 8. The van der Waals surface area contributed by atoms with Crippen LogP contribution >= 0.6 is 11.3 Å². The van der Waals surface area contributed by atoms with Gasteiger partial charge in [-0.15, -0.1) is 11.3 Å². The number of para-hydroxylation sites is 5. The predicted octanol–water partition coefficient (Wildman–Crippen LogP) is 32.7. The average molecular weight is 1750 g/mol. The first-order valence-electron chi connectivity index (χ1n) is 45.9. The molecule has 0 aliphatic carbocycles. The first-order valence-corrected chi connectivity index (χ1v) is 46.7. The summed E-state index contributed by atoms with van der Waals surface area (Å²) >= 11 is 1.85. The number of hydrogen-bond donors (Lipinski definition) is 0. The van der Waals surface area contributed by atoms with Gasteiger partial charge in [0.2, 0.25) is 11.9 Å². The van der Waals surface area contributed by atoms with Crippen LogP contribution in [0.5, 0.6) is 0 Å². The van der Waals surface area contributed by atoms with E-state index in [0.717, 1.165) is 111 Å². The zero-order valence-corrected chi connectivity index (χ0v) is 74.2. The van der Waals surface area contributed by atoms with Gasteiger partial charge in [0.25, 0.3) is 0 Å². The van der Waals surface area contributed by atoms with Crippen molar-refractivity contribution in [1.29, 1.82) is 0 Å². The molecule has 7 aromatic heterocycles. The fraction of sp³-hybridized carbons (Fsp3) is 0. The number of fused-ring (bicyclic) bond motifs is 23. The molecule has 28 rings (SSSR count). The highest BCUT2D eigenvalue weighted by atomic mass is 32.1. The van der Waals surface area contributed by atoms with Gasteiger partial charge in [-0.1, -0.05) is 394 Å². The van der Waals surface area contributed by atoms with Gasteiger partial charge < -0.3 is 4.57 Å². The molecule has 0 spiro atoms. The van der Waals surface area contributed by atoms with Crippen LogP contribution < -0.4 is 0 Å². The van der Waals surface area contributed by atoms with Gasteiger partial charge in [0, 0.05) is 102 Å². The highest BCUT2D eigenvalue weighted by Gasteiger charge is 2.27. The van der Waals surface area contributed by atoms with E-state index in [1.54, 1.807) is 0 Å². The lowest BCUT2D eigenvalue weighted by molar-refractivity contribution is 0.953. The van der Waals surface area contributed by atoms with Crippen LogP contribution in [0.2, 0.25) is 0 Å².